The summed E-state index contributed by atoms with van der Waals surface area (Å²) >= 11 is 3.58. The summed E-state index contributed by atoms with van der Waals surface area (Å²) in [5.41, 5.74) is 2.81. The lowest BCUT2D eigenvalue weighted by Gasteiger charge is -2.16. The fourth-order valence-electron chi connectivity index (χ4n) is 2.44. The Bertz CT molecular complexity index is 646. The average molecular weight is 355 g/mol. The zero-order valence-electron chi connectivity index (χ0n) is 11.1. The van der Waals surface area contributed by atoms with E-state index >= 15 is 0 Å². The summed E-state index contributed by atoms with van der Waals surface area (Å²) in [5.74, 6) is 1.08. The van der Waals surface area contributed by atoms with Gasteiger partial charge in [0, 0.05) is 12.0 Å². The standard InChI is InChI=1S/C16H13BrF2O2/c17-15(11-5-6-13-10(9-11)7-8-20-13)12-3-1-2-4-14(12)21-16(18)19/h1-6,9,15-16H,7-8H2. The van der Waals surface area contributed by atoms with Crippen LogP contribution in [0.1, 0.15) is 21.5 Å². The van der Waals surface area contributed by atoms with Crippen LogP contribution >= 0.6 is 15.9 Å². The van der Waals surface area contributed by atoms with Crippen molar-refractivity contribution in [1.29, 1.82) is 0 Å². The normalized spacial score (nSPS) is 14.7. The predicted molar refractivity (Wildman–Crippen MR) is 79.5 cm³/mol. The van der Waals surface area contributed by atoms with E-state index in [2.05, 4.69) is 20.7 Å². The molecule has 0 aliphatic carbocycles. The smallest absolute Gasteiger partial charge is 0.387 e. The molecule has 21 heavy (non-hydrogen) atoms. The predicted octanol–water partition coefficient (Wildman–Crippen LogP) is 4.71. The first-order valence-electron chi connectivity index (χ1n) is 6.58. The minimum atomic E-state index is -2.83. The maximum absolute atomic E-state index is 12.5. The first-order chi connectivity index (χ1) is 10.1. The van der Waals surface area contributed by atoms with Crippen molar-refractivity contribution in [3.63, 3.8) is 0 Å². The van der Waals surface area contributed by atoms with E-state index in [-0.39, 0.29) is 10.6 Å². The van der Waals surface area contributed by atoms with Crippen LogP contribution in [0.4, 0.5) is 8.78 Å². The zero-order chi connectivity index (χ0) is 14.8. The summed E-state index contributed by atoms with van der Waals surface area (Å²) in [6.07, 6.45) is 0.873. The van der Waals surface area contributed by atoms with Gasteiger partial charge in [-0.15, -0.1) is 0 Å². The molecule has 3 rings (SSSR count). The molecule has 0 fully saturated rings. The molecule has 2 aromatic rings. The van der Waals surface area contributed by atoms with Crippen molar-refractivity contribution in [2.45, 2.75) is 17.9 Å². The monoisotopic (exact) mass is 354 g/mol. The van der Waals surface area contributed by atoms with Gasteiger partial charge in [-0.1, -0.05) is 46.3 Å². The van der Waals surface area contributed by atoms with Crippen LogP contribution in [0.3, 0.4) is 0 Å². The van der Waals surface area contributed by atoms with Crippen LogP contribution in [-0.2, 0) is 6.42 Å². The molecule has 0 amide bonds. The topological polar surface area (TPSA) is 18.5 Å². The van der Waals surface area contributed by atoms with Gasteiger partial charge in [0.2, 0.25) is 0 Å². The molecule has 1 heterocycles. The molecule has 0 saturated carbocycles. The van der Waals surface area contributed by atoms with E-state index < -0.39 is 6.61 Å². The van der Waals surface area contributed by atoms with Crippen molar-refractivity contribution in [2.75, 3.05) is 6.61 Å². The molecule has 0 spiro atoms. The molecule has 0 bridgehead atoms. The molecule has 1 aliphatic rings. The quantitative estimate of drug-likeness (QED) is 0.740. The van der Waals surface area contributed by atoms with Crippen LogP contribution in [0.2, 0.25) is 0 Å². The van der Waals surface area contributed by atoms with E-state index in [0.29, 0.717) is 12.2 Å². The Morgan fingerprint density at radius 1 is 1.14 bits per heavy atom. The Morgan fingerprint density at radius 3 is 2.76 bits per heavy atom. The lowest BCUT2D eigenvalue weighted by Crippen LogP contribution is -2.05. The first-order valence-corrected chi connectivity index (χ1v) is 7.50. The van der Waals surface area contributed by atoms with Crippen molar-refractivity contribution in [3.05, 3.63) is 59.2 Å². The molecule has 2 aromatic carbocycles. The van der Waals surface area contributed by atoms with Gasteiger partial charge in [0.05, 0.1) is 11.4 Å². The number of hydrogen-bond acceptors (Lipinski definition) is 2. The highest BCUT2D eigenvalue weighted by Crippen LogP contribution is 2.39. The molecule has 0 aromatic heterocycles. The fraction of sp³-hybridized carbons (Fsp3) is 0.250. The van der Waals surface area contributed by atoms with Crippen LogP contribution in [0, 0.1) is 0 Å². The number of fused-ring (bicyclic) bond motifs is 1. The van der Waals surface area contributed by atoms with E-state index in [1.54, 1.807) is 24.3 Å². The highest BCUT2D eigenvalue weighted by molar-refractivity contribution is 9.09. The Balaban J connectivity index is 1.93. The number of para-hydroxylation sites is 1. The van der Waals surface area contributed by atoms with Crippen LogP contribution in [0.5, 0.6) is 11.5 Å². The Labute approximate surface area is 129 Å². The summed E-state index contributed by atoms with van der Waals surface area (Å²) in [6, 6.07) is 12.7. The molecule has 2 nitrogen and oxygen atoms in total. The lowest BCUT2D eigenvalue weighted by molar-refractivity contribution is -0.0503. The Kier molecular flexibility index (Phi) is 4.10. The van der Waals surface area contributed by atoms with Crippen molar-refractivity contribution in [1.82, 2.24) is 0 Å². The number of benzene rings is 2. The highest BCUT2D eigenvalue weighted by Gasteiger charge is 2.20. The molecule has 110 valence electrons. The third kappa shape index (κ3) is 3.02. The van der Waals surface area contributed by atoms with Crippen molar-refractivity contribution in [3.8, 4) is 11.5 Å². The van der Waals surface area contributed by atoms with Crippen molar-refractivity contribution in [2.24, 2.45) is 0 Å². The second kappa shape index (κ2) is 6.02. The molecule has 0 saturated heterocycles. The Morgan fingerprint density at radius 2 is 1.95 bits per heavy atom. The summed E-state index contributed by atoms with van der Waals surface area (Å²) in [4.78, 5) is -0.210. The van der Waals surface area contributed by atoms with Crippen LogP contribution < -0.4 is 9.47 Å². The van der Waals surface area contributed by atoms with Gasteiger partial charge in [0.1, 0.15) is 11.5 Å². The highest BCUT2D eigenvalue weighted by atomic mass is 79.9. The number of ether oxygens (including phenoxy) is 2. The van der Waals surface area contributed by atoms with Crippen molar-refractivity contribution >= 4 is 15.9 Å². The number of halogens is 3. The van der Waals surface area contributed by atoms with Gasteiger partial charge in [-0.3, -0.25) is 0 Å². The van der Waals surface area contributed by atoms with Gasteiger partial charge in [0.15, 0.2) is 0 Å². The van der Waals surface area contributed by atoms with E-state index in [1.807, 2.05) is 18.2 Å². The lowest BCUT2D eigenvalue weighted by atomic mass is 10.0. The van der Waals surface area contributed by atoms with Gasteiger partial charge < -0.3 is 9.47 Å². The molecule has 1 aliphatic heterocycles. The minimum absolute atomic E-state index is 0.186. The van der Waals surface area contributed by atoms with Gasteiger partial charge in [0.25, 0.3) is 0 Å². The number of hydrogen-bond donors (Lipinski definition) is 0. The SMILES string of the molecule is FC(F)Oc1ccccc1C(Br)c1ccc2c(c1)CCO2. The van der Waals surface area contributed by atoms with E-state index in [1.165, 1.54) is 0 Å². The molecule has 1 unspecified atom stereocenters. The van der Waals surface area contributed by atoms with E-state index in [4.69, 9.17) is 4.74 Å². The molecule has 5 heteroatoms. The molecular weight excluding hydrogens is 342 g/mol. The van der Waals surface area contributed by atoms with E-state index in [9.17, 15) is 8.78 Å². The Hall–Kier alpha value is -1.62. The van der Waals surface area contributed by atoms with Crippen LogP contribution in [0.25, 0.3) is 0 Å². The minimum Gasteiger partial charge on any atom is -0.493 e. The maximum Gasteiger partial charge on any atom is 0.387 e. The fourth-order valence-corrected chi connectivity index (χ4v) is 3.10. The van der Waals surface area contributed by atoms with Gasteiger partial charge in [-0.05, 0) is 23.3 Å². The number of alkyl halides is 3. The van der Waals surface area contributed by atoms with E-state index in [0.717, 1.165) is 23.3 Å². The van der Waals surface area contributed by atoms with Crippen LogP contribution in [-0.4, -0.2) is 13.2 Å². The largest absolute Gasteiger partial charge is 0.493 e. The first kappa shape index (κ1) is 14.3. The summed E-state index contributed by atoms with van der Waals surface area (Å²) < 4.78 is 35.1. The third-order valence-corrected chi connectivity index (χ3v) is 4.44. The summed E-state index contributed by atoms with van der Waals surface area (Å²) in [7, 11) is 0. The van der Waals surface area contributed by atoms with Gasteiger partial charge in [-0.25, -0.2) is 0 Å². The summed E-state index contributed by atoms with van der Waals surface area (Å²) in [5, 5.41) is 0. The van der Waals surface area contributed by atoms with Gasteiger partial charge in [-0.2, -0.15) is 8.78 Å². The number of rotatable bonds is 4. The second-order valence-corrected chi connectivity index (χ2v) is 5.66. The zero-order valence-corrected chi connectivity index (χ0v) is 12.6. The van der Waals surface area contributed by atoms with Crippen molar-refractivity contribution < 1.29 is 18.3 Å². The summed E-state index contributed by atoms with van der Waals surface area (Å²) in [6.45, 7) is -2.14. The molecule has 1 atom stereocenters. The molecule has 0 N–H and O–H groups in total. The molecule has 0 radical (unpaired) electrons. The second-order valence-electron chi connectivity index (χ2n) is 4.74. The maximum atomic E-state index is 12.5. The van der Waals surface area contributed by atoms with Crippen LogP contribution in [0.15, 0.2) is 42.5 Å². The molecular formula is C16H13BrF2O2. The van der Waals surface area contributed by atoms with Gasteiger partial charge >= 0.3 is 6.61 Å². The average Bonchev–Trinajstić information content (AvgIpc) is 2.94. The third-order valence-electron chi connectivity index (χ3n) is 3.41.